The molecule has 1 N–H and O–H groups in total. The van der Waals surface area contributed by atoms with E-state index in [1.54, 1.807) is 6.20 Å². The molecular formula is C21H22N2O. The molecule has 2 aromatic carbocycles. The molecule has 0 amide bonds. The molecule has 3 rings (SSSR count). The zero-order valence-electron chi connectivity index (χ0n) is 14.1. The van der Waals surface area contributed by atoms with E-state index in [1.807, 2.05) is 36.4 Å². The second-order valence-electron chi connectivity index (χ2n) is 5.95. The SMILES string of the molecule is Cc1cc(C)cc(NCc2ccccc2OCc2ccccn2)c1. The lowest BCUT2D eigenvalue weighted by Gasteiger charge is -2.13. The van der Waals surface area contributed by atoms with Crippen LogP contribution in [0.5, 0.6) is 5.75 Å². The Hall–Kier alpha value is -2.81. The van der Waals surface area contributed by atoms with Gasteiger partial charge in [-0.1, -0.05) is 30.3 Å². The van der Waals surface area contributed by atoms with Crippen LogP contribution in [0.4, 0.5) is 5.69 Å². The molecule has 0 bridgehead atoms. The molecule has 0 aliphatic rings. The van der Waals surface area contributed by atoms with Crippen LogP contribution >= 0.6 is 0 Å². The maximum atomic E-state index is 5.96. The number of rotatable bonds is 6. The van der Waals surface area contributed by atoms with Crippen molar-refractivity contribution in [2.75, 3.05) is 5.32 Å². The van der Waals surface area contributed by atoms with Crippen LogP contribution in [0.2, 0.25) is 0 Å². The van der Waals surface area contributed by atoms with Crippen LogP contribution in [0, 0.1) is 13.8 Å². The Kier molecular flexibility index (Phi) is 5.12. The topological polar surface area (TPSA) is 34.1 Å². The Morgan fingerprint density at radius 3 is 2.42 bits per heavy atom. The van der Waals surface area contributed by atoms with Gasteiger partial charge in [-0.3, -0.25) is 4.98 Å². The fourth-order valence-electron chi connectivity index (χ4n) is 2.70. The number of pyridine rings is 1. The van der Waals surface area contributed by atoms with E-state index in [9.17, 15) is 0 Å². The predicted molar refractivity (Wildman–Crippen MR) is 98.3 cm³/mol. The highest BCUT2D eigenvalue weighted by atomic mass is 16.5. The van der Waals surface area contributed by atoms with Crippen LogP contribution in [0.25, 0.3) is 0 Å². The number of nitrogens with zero attached hydrogens (tertiary/aromatic N) is 1. The van der Waals surface area contributed by atoms with Crippen molar-refractivity contribution < 1.29 is 4.74 Å². The number of hydrogen-bond acceptors (Lipinski definition) is 3. The van der Waals surface area contributed by atoms with E-state index in [4.69, 9.17) is 4.74 Å². The maximum Gasteiger partial charge on any atom is 0.130 e. The number of nitrogens with one attached hydrogen (secondary N) is 1. The van der Waals surface area contributed by atoms with Gasteiger partial charge in [-0.05, 0) is 55.3 Å². The van der Waals surface area contributed by atoms with Gasteiger partial charge in [0.25, 0.3) is 0 Å². The van der Waals surface area contributed by atoms with Crippen molar-refractivity contribution in [2.24, 2.45) is 0 Å². The summed E-state index contributed by atoms with van der Waals surface area (Å²) >= 11 is 0. The summed E-state index contributed by atoms with van der Waals surface area (Å²) in [5.74, 6) is 0.889. The second-order valence-corrected chi connectivity index (χ2v) is 5.95. The summed E-state index contributed by atoms with van der Waals surface area (Å²) in [7, 11) is 0. The molecular weight excluding hydrogens is 296 g/mol. The highest BCUT2D eigenvalue weighted by molar-refractivity contribution is 5.49. The first kappa shape index (κ1) is 16.1. The Labute approximate surface area is 143 Å². The molecule has 1 heterocycles. The summed E-state index contributed by atoms with van der Waals surface area (Å²) in [5, 5.41) is 3.49. The van der Waals surface area contributed by atoms with Crippen LogP contribution < -0.4 is 10.1 Å². The van der Waals surface area contributed by atoms with Gasteiger partial charge in [0, 0.05) is 24.0 Å². The van der Waals surface area contributed by atoms with E-state index in [0.29, 0.717) is 6.61 Å². The fraction of sp³-hybridized carbons (Fsp3) is 0.190. The summed E-state index contributed by atoms with van der Waals surface area (Å²) in [5.41, 5.74) is 5.71. The van der Waals surface area contributed by atoms with Gasteiger partial charge in [-0.2, -0.15) is 0 Å². The highest BCUT2D eigenvalue weighted by Crippen LogP contribution is 2.21. The Morgan fingerprint density at radius 2 is 1.67 bits per heavy atom. The monoisotopic (exact) mass is 318 g/mol. The number of hydrogen-bond donors (Lipinski definition) is 1. The van der Waals surface area contributed by atoms with E-state index in [1.165, 1.54) is 11.1 Å². The fourth-order valence-corrected chi connectivity index (χ4v) is 2.70. The number of para-hydroxylation sites is 1. The van der Waals surface area contributed by atoms with Gasteiger partial charge < -0.3 is 10.1 Å². The lowest BCUT2D eigenvalue weighted by molar-refractivity contribution is 0.298. The summed E-state index contributed by atoms with van der Waals surface area (Å²) in [6, 6.07) is 20.5. The number of aromatic nitrogens is 1. The van der Waals surface area contributed by atoms with Crippen LogP contribution in [-0.4, -0.2) is 4.98 Å². The van der Waals surface area contributed by atoms with Gasteiger partial charge in [0.05, 0.1) is 5.69 Å². The molecule has 0 aliphatic heterocycles. The van der Waals surface area contributed by atoms with Gasteiger partial charge >= 0.3 is 0 Å². The lowest BCUT2D eigenvalue weighted by atomic mass is 10.1. The van der Waals surface area contributed by atoms with Crippen molar-refractivity contribution in [3.63, 3.8) is 0 Å². The summed E-state index contributed by atoms with van der Waals surface area (Å²) in [6.45, 7) is 5.42. The van der Waals surface area contributed by atoms with Crippen LogP contribution in [-0.2, 0) is 13.2 Å². The lowest BCUT2D eigenvalue weighted by Crippen LogP contribution is -2.04. The summed E-state index contributed by atoms with van der Waals surface area (Å²) in [6.07, 6.45) is 1.78. The molecule has 0 fully saturated rings. The third-order valence-corrected chi connectivity index (χ3v) is 3.78. The number of aryl methyl sites for hydroxylation is 2. The molecule has 0 aliphatic carbocycles. The predicted octanol–water partition coefficient (Wildman–Crippen LogP) is 4.89. The minimum absolute atomic E-state index is 0.474. The minimum atomic E-state index is 0.474. The van der Waals surface area contributed by atoms with Crippen molar-refractivity contribution in [2.45, 2.75) is 27.0 Å². The Balaban J connectivity index is 1.67. The maximum absolute atomic E-state index is 5.96. The van der Waals surface area contributed by atoms with Gasteiger partial charge in [0.1, 0.15) is 12.4 Å². The molecule has 1 aromatic heterocycles. The summed E-state index contributed by atoms with van der Waals surface area (Å²) < 4.78 is 5.96. The normalized spacial score (nSPS) is 10.4. The molecule has 3 aromatic rings. The first-order valence-electron chi connectivity index (χ1n) is 8.13. The largest absolute Gasteiger partial charge is 0.487 e. The van der Waals surface area contributed by atoms with Gasteiger partial charge in [0.2, 0.25) is 0 Å². The molecule has 0 atom stereocenters. The number of anilines is 1. The van der Waals surface area contributed by atoms with E-state index >= 15 is 0 Å². The molecule has 0 spiro atoms. The van der Waals surface area contributed by atoms with Crippen molar-refractivity contribution in [3.05, 3.63) is 89.2 Å². The van der Waals surface area contributed by atoms with E-state index in [2.05, 4.69) is 48.4 Å². The quantitative estimate of drug-likeness (QED) is 0.702. The van der Waals surface area contributed by atoms with Crippen LogP contribution in [0.1, 0.15) is 22.4 Å². The molecule has 0 saturated carbocycles. The van der Waals surface area contributed by atoms with Crippen molar-refractivity contribution in [1.82, 2.24) is 4.98 Å². The Morgan fingerprint density at radius 1 is 0.917 bits per heavy atom. The minimum Gasteiger partial charge on any atom is -0.487 e. The van der Waals surface area contributed by atoms with Gasteiger partial charge in [-0.25, -0.2) is 0 Å². The first-order valence-corrected chi connectivity index (χ1v) is 8.13. The van der Waals surface area contributed by atoms with Crippen molar-refractivity contribution >= 4 is 5.69 Å². The van der Waals surface area contributed by atoms with Crippen molar-refractivity contribution in [3.8, 4) is 5.75 Å². The third-order valence-electron chi connectivity index (χ3n) is 3.78. The van der Waals surface area contributed by atoms with E-state index in [-0.39, 0.29) is 0 Å². The number of benzene rings is 2. The van der Waals surface area contributed by atoms with Crippen molar-refractivity contribution in [1.29, 1.82) is 0 Å². The molecule has 3 nitrogen and oxygen atoms in total. The smallest absolute Gasteiger partial charge is 0.130 e. The molecule has 24 heavy (non-hydrogen) atoms. The van der Waals surface area contributed by atoms with Crippen LogP contribution in [0.15, 0.2) is 66.9 Å². The van der Waals surface area contributed by atoms with E-state index in [0.717, 1.165) is 29.2 Å². The number of ether oxygens (including phenoxy) is 1. The average molecular weight is 318 g/mol. The van der Waals surface area contributed by atoms with Gasteiger partial charge in [0.15, 0.2) is 0 Å². The van der Waals surface area contributed by atoms with Gasteiger partial charge in [-0.15, -0.1) is 0 Å². The molecule has 0 radical (unpaired) electrons. The zero-order valence-corrected chi connectivity index (χ0v) is 14.1. The zero-order chi connectivity index (χ0) is 16.8. The standard InChI is InChI=1S/C21H22N2O/c1-16-11-17(2)13-20(12-16)23-14-18-7-3-4-9-21(18)24-15-19-8-5-6-10-22-19/h3-13,23H,14-15H2,1-2H3. The molecule has 122 valence electrons. The first-order chi connectivity index (χ1) is 11.7. The third kappa shape index (κ3) is 4.35. The molecule has 0 saturated heterocycles. The average Bonchev–Trinajstić information content (AvgIpc) is 2.59. The second kappa shape index (κ2) is 7.64. The highest BCUT2D eigenvalue weighted by Gasteiger charge is 2.04. The van der Waals surface area contributed by atoms with E-state index < -0.39 is 0 Å². The summed E-state index contributed by atoms with van der Waals surface area (Å²) in [4.78, 5) is 4.30. The Bertz CT molecular complexity index is 780. The molecule has 0 unspecified atom stereocenters. The van der Waals surface area contributed by atoms with Crippen LogP contribution in [0.3, 0.4) is 0 Å². The molecule has 3 heteroatoms.